The highest BCUT2D eigenvalue weighted by Gasteiger charge is 2.30. The minimum Gasteiger partial charge on any atom is -0.337 e. The van der Waals surface area contributed by atoms with Gasteiger partial charge >= 0.3 is 0 Å². The highest BCUT2D eigenvalue weighted by Crippen LogP contribution is 2.14. The summed E-state index contributed by atoms with van der Waals surface area (Å²) in [5.41, 5.74) is -1.11. The molecular formula is C10H16N4O2S. The van der Waals surface area contributed by atoms with Crippen molar-refractivity contribution in [1.82, 2.24) is 14.3 Å². The molecule has 0 radical (unpaired) electrons. The smallest absolute Gasteiger partial charge is 0.260 e. The normalized spacial score (nSPS) is 15.2. The minimum absolute atomic E-state index is 0.0626. The van der Waals surface area contributed by atoms with Crippen molar-refractivity contribution >= 4 is 10.0 Å². The van der Waals surface area contributed by atoms with Gasteiger partial charge in [-0.25, -0.2) is 13.4 Å². The number of imidazole rings is 1. The van der Waals surface area contributed by atoms with Crippen LogP contribution in [0.1, 0.15) is 26.1 Å². The second kappa shape index (κ2) is 4.47. The van der Waals surface area contributed by atoms with Gasteiger partial charge < -0.3 is 4.57 Å². The molecule has 1 atom stereocenters. The van der Waals surface area contributed by atoms with Gasteiger partial charge in [-0.2, -0.15) is 9.98 Å². The molecule has 0 amide bonds. The van der Waals surface area contributed by atoms with Gasteiger partial charge in [-0.15, -0.1) is 0 Å². The van der Waals surface area contributed by atoms with Gasteiger partial charge in [-0.1, -0.05) is 6.92 Å². The Labute approximate surface area is 101 Å². The van der Waals surface area contributed by atoms with E-state index >= 15 is 0 Å². The van der Waals surface area contributed by atoms with Crippen LogP contribution in [0.5, 0.6) is 0 Å². The molecule has 0 spiro atoms. The van der Waals surface area contributed by atoms with Gasteiger partial charge in [0.15, 0.2) is 5.03 Å². The maximum atomic E-state index is 12.0. The average molecular weight is 256 g/mol. The molecule has 6 nitrogen and oxygen atoms in total. The summed E-state index contributed by atoms with van der Waals surface area (Å²) in [6, 6.07) is 1.95. The van der Waals surface area contributed by atoms with Crippen LogP contribution in [0.25, 0.3) is 0 Å². The molecule has 1 N–H and O–H groups in total. The highest BCUT2D eigenvalue weighted by atomic mass is 32.2. The number of nitrogens with zero attached hydrogens (tertiary/aromatic N) is 3. The first kappa shape index (κ1) is 13.7. The SMILES string of the molecule is CCC(C)(C#N)NS(=O)(=O)c1cn(C)c(C)n1. The Kier molecular flexibility index (Phi) is 3.59. The quantitative estimate of drug-likeness (QED) is 0.859. The molecule has 0 saturated carbocycles. The van der Waals surface area contributed by atoms with Crippen molar-refractivity contribution in [1.29, 1.82) is 5.26 Å². The van der Waals surface area contributed by atoms with Crippen LogP contribution in [0.4, 0.5) is 0 Å². The molecule has 1 unspecified atom stereocenters. The Morgan fingerprint density at radius 1 is 1.65 bits per heavy atom. The van der Waals surface area contributed by atoms with Crippen LogP contribution in [-0.4, -0.2) is 23.5 Å². The molecule has 1 rings (SSSR count). The lowest BCUT2D eigenvalue weighted by Gasteiger charge is -2.19. The maximum Gasteiger partial charge on any atom is 0.260 e. The third kappa shape index (κ3) is 2.84. The molecule has 0 saturated heterocycles. The molecule has 0 bridgehead atoms. The van der Waals surface area contributed by atoms with Gasteiger partial charge in [0.25, 0.3) is 10.0 Å². The molecule has 7 heteroatoms. The second-order valence-corrected chi connectivity index (χ2v) is 5.77. The van der Waals surface area contributed by atoms with Gasteiger partial charge in [0.2, 0.25) is 0 Å². The Bertz CT molecular complexity index is 536. The zero-order valence-corrected chi connectivity index (χ0v) is 11.2. The number of aromatic nitrogens is 2. The lowest BCUT2D eigenvalue weighted by Crippen LogP contribution is -2.44. The zero-order chi connectivity index (χ0) is 13.3. The van der Waals surface area contributed by atoms with Gasteiger partial charge in [-0.05, 0) is 20.3 Å². The molecule has 0 aliphatic heterocycles. The van der Waals surface area contributed by atoms with Crippen molar-refractivity contribution in [3.05, 3.63) is 12.0 Å². The second-order valence-electron chi connectivity index (χ2n) is 4.14. The minimum atomic E-state index is -3.75. The first-order valence-corrected chi connectivity index (χ1v) is 6.67. The van der Waals surface area contributed by atoms with Crippen molar-refractivity contribution in [2.24, 2.45) is 7.05 Å². The average Bonchev–Trinajstić information content (AvgIpc) is 2.59. The van der Waals surface area contributed by atoms with Crippen LogP contribution >= 0.6 is 0 Å². The van der Waals surface area contributed by atoms with Crippen molar-refractivity contribution in [3.8, 4) is 6.07 Å². The molecule has 0 fully saturated rings. The summed E-state index contributed by atoms with van der Waals surface area (Å²) in [7, 11) is -2.04. The van der Waals surface area contributed by atoms with Gasteiger partial charge in [0.05, 0.1) is 6.07 Å². The lowest BCUT2D eigenvalue weighted by molar-refractivity contribution is 0.493. The predicted molar refractivity (Wildman–Crippen MR) is 62.6 cm³/mol. The highest BCUT2D eigenvalue weighted by molar-refractivity contribution is 7.89. The molecule has 1 aromatic rings. The molecule has 0 aliphatic rings. The molecule has 1 heterocycles. The number of nitrogens with one attached hydrogen (secondary N) is 1. The summed E-state index contributed by atoms with van der Waals surface area (Å²) in [4.78, 5) is 3.94. The largest absolute Gasteiger partial charge is 0.337 e. The number of aryl methyl sites for hydroxylation is 2. The molecule has 0 aliphatic carbocycles. The standard InChI is InChI=1S/C10H16N4O2S/c1-5-10(3,7-11)13-17(15,16)9-6-14(4)8(2)12-9/h6,13H,5H2,1-4H3. The van der Waals surface area contributed by atoms with Crippen molar-refractivity contribution in [3.63, 3.8) is 0 Å². The Hall–Kier alpha value is -1.39. The van der Waals surface area contributed by atoms with E-state index in [0.717, 1.165) is 0 Å². The fourth-order valence-corrected chi connectivity index (χ4v) is 2.62. The van der Waals surface area contributed by atoms with E-state index in [1.165, 1.54) is 6.20 Å². The third-order valence-electron chi connectivity index (χ3n) is 2.68. The topological polar surface area (TPSA) is 87.8 Å². The van der Waals surface area contributed by atoms with Gasteiger partial charge in [-0.3, -0.25) is 0 Å². The van der Waals surface area contributed by atoms with E-state index in [0.29, 0.717) is 12.2 Å². The fourth-order valence-electron chi connectivity index (χ4n) is 1.18. The van der Waals surface area contributed by atoms with Crippen LogP contribution in [0, 0.1) is 18.3 Å². The van der Waals surface area contributed by atoms with E-state index in [4.69, 9.17) is 5.26 Å². The zero-order valence-electron chi connectivity index (χ0n) is 10.4. The maximum absolute atomic E-state index is 12.0. The van der Waals surface area contributed by atoms with Crippen LogP contribution in [0.2, 0.25) is 0 Å². The fraction of sp³-hybridized carbons (Fsp3) is 0.600. The van der Waals surface area contributed by atoms with E-state index < -0.39 is 15.6 Å². The van der Waals surface area contributed by atoms with Crippen molar-refractivity contribution < 1.29 is 8.42 Å². The number of nitriles is 1. The van der Waals surface area contributed by atoms with E-state index in [1.54, 1.807) is 32.4 Å². The van der Waals surface area contributed by atoms with Gasteiger partial charge in [0.1, 0.15) is 11.4 Å². The third-order valence-corrected chi connectivity index (χ3v) is 4.14. The summed E-state index contributed by atoms with van der Waals surface area (Å²) >= 11 is 0. The Balaban J connectivity index is 3.10. The first-order chi connectivity index (χ1) is 7.74. The monoisotopic (exact) mass is 256 g/mol. The summed E-state index contributed by atoms with van der Waals surface area (Å²) in [5.74, 6) is 0.598. The predicted octanol–water partition coefficient (Wildman–Crippen LogP) is 0.699. The van der Waals surface area contributed by atoms with Crippen LogP contribution in [-0.2, 0) is 17.1 Å². The number of hydrogen-bond acceptors (Lipinski definition) is 4. The molecule has 17 heavy (non-hydrogen) atoms. The van der Waals surface area contributed by atoms with E-state index in [2.05, 4.69) is 9.71 Å². The van der Waals surface area contributed by atoms with Crippen molar-refractivity contribution in [2.75, 3.05) is 0 Å². The summed E-state index contributed by atoms with van der Waals surface area (Å²) in [6.45, 7) is 5.00. The molecular weight excluding hydrogens is 240 g/mol. The van der Waals surface area contributed by atoms with Gasteiger partial charge in [0, 0.05) is 13.2 Å². The number of sulfonamides is 1. The molecule has 0 aromatic carbocycles. The molecule has 1 aromatic heterocycles. The lowest BCUT2D eigenvalue weighted by atomic mass is 10.0. The molecule has 94 valence electrons. The summed E-state index contributed by atoms with van der Waals surface area (Å²) in [6.07, 6.45) is 1.81. The van der Waals surface area contributed by atoms with Crippen LogP contribution < -0.4 is 4.72 Å². The Morgan fingerprint density at radius 2 is 2.24 bits per heavy atom. The van der Waals surface area contributed by atoms with Crippen LogP contribution in [0.15, 0.2) is 11.2 Å². The van der Waals surface area contributed by atoms with Crippen molar-refractivity contribution in [2.45, 2.75) is 37.8 Å². The Morgan fingerprint density at radius 3 is 2.59 bits per heavy atom. The summed E-state index contributed by atoms with van der Waals surface area (Å²) in [5, 5.41) is 8.89. The van der Waals surface area contributed by atoms with E-state index in [9.17, 15) is 8.42 Å². The first-order valence-electron chi connectivity index (χ1n) is 5.19. The number of rotatable bonds is 4. The van der Waals surface area contributed by atoms with E-state index in [1.807, 2.05) is 6.07 Å². The summed E-state index contributed by atoms with van der Waals surface area (Å²) < 4.78 is 28.0. The number of hydrogen-bond donors (Lipinski definition) is 1. The van der Waals surface area contributed by atoms with E-state index in [-0.39, 0.29) is 5.03 Å². The van der Waals surface area contributed by atoms with Crippen LogP contribution in [0.3, 0.4) is 0 Å².